The van der Waals surface area contributed by atoms with Gasteiger partial charge < -0.3 is 14.0 Å². The molecular formula is C19H27N5O3. The number of unbranched alkanes of at least 4 members (excludes halogenated alkanes) is 1. The quantitative estimate of drug-likeness (QED) is 0.792. The van der Waals surface area contributed by atoms with Crippen LogP contribution in [0.25, 0.3) is 0 Å². The standard InChI is InChI=1S/C19H27N5O3/c1-2-3-9-22-13-8-20-18(22)15-5-4-10-24(14-15)17(26)7-12-23-11-6-16(25)21-19(23)27/h6,8,11,13,15H,2-5,7,9-10,12,14H2,1H3,(H,21,25,27)/t15-/m1/s1. The lowest BCUT2D eigenvalue weighted by Crippen LogP contribution is -2.40. The molecule has 1 atom stereocenters. The third kappa shape index (κ3) is 4.75. The fourth-order valence-corrected chi connectivity index (χ4v) is 3.61. The molecule has 0 bridgehead atoms. The summed E-state index contributed by atoms with van der Waals surface area (Å²) in [5.74, 6) is 1.35. The lowest BCUT2D eigenvalue weighted by molar-refractivity contribution is -0.132. The minimum Gasteiger partial charge on any atom is -0.342 e. The molecule has 0 saturated carbocycles. The van der Waals surface area contributed by atoms with E-state index in [-0.39, 0.29) is 24.8 Å². The highest BCUT2D eigenvalue weighted by Crippen LogP contribution is 2.26. The summed E-state index contributed by atoms with van der Waals surface area (Å²) < 4.78 is 3.57. The van der Waals surface area contributed by atoms with Gasteiger partial charge in [-0.25, -0.2) is 9.78 Å². The van der Waals surface area contributed by atoms with Gasteiger partial charge in [0.25, 0.3) is 5.56 Å². The number of carbonyl (C=O) groups excluding carboxylic acids is 1. The van der Waals surface area contributed by atoms with E-state index in [1.54, 1.807) is 0 Å². The van der Waals surface area contributed by atoms with E-state index in [0.29, 0.717) is 6.54 Å². The topological polar surface area (TPSA) is 93.0 Å². The average Bonchev–Trinajstić information content (AvgIpc) is 3.14. The van der Waals surface area contributed by atoms with Gasteiger partial charge >= 0.3 is 5.69 Å². The van der Waals surface area contributed by atoms with Crippen LogP contribution in [0.15, 0.2) is 34.2 Å². The second-order valence-corrected chi connectivity index (χ2v) is 7.06. The number of imidazole rings is 1. The van der Waals surface area contributed by atoms with Gasteiger partial charge in [0.1, 0.15) is 5.82 Å². The molecule has 0 aliphatic carbocycles. The number of rotatable bonds is 7. The molecule has 1 N–H and O–H groups in total. The van der Waals surface area contributed by atoms with E-state index in [1.807, 2.05) is 17.3 Å². The van der Waals surface area contributed by atoms with Crippen molar-refractivity contribution in [2.75, 3.05) is 13.1 Å². The smallest absolute Gasteiger partial charge is 0.328 e. The Bertz CT molecular complexity index is 882. The largest absolute Gasteiger partial charge is 0.342 e. The Morgan fingerprint density at radius 3 is 2.89 bits per heavy atom. The number of H-pyrrole nitrogens is 1. The molecule has 146 valence electrons. The normalized spacial score (nSPS) is 17.2. The van der Waals surface area contributed by atoms with Crippen LogP contribution < -0.4 is 11.2 Å². The van der Waals surface area contributed by atoms with Crippen LogP contribution in [0.1, 0.15) is 50.8 Å². The summed E-state index contributed by atoms with van der Waals surface area (Å²) >= 11 is 0. The van der Waals surface area contributed by atoms with E-state index in [9.17, 15) is 14.4 Å². The number of carbonyl (C=O) groups is 1. The Kier molecular flexibility index (Phi) is 6.26. The van der Waals surface area contributed by atoms with Crippen molar-refractivity contribution < 1.29 is 4.79 Å². The zero-order chi connectivity index (χ0) is 19.2. The number of aromatic nitrogens is 4. The second kappa shape index (κ2) is 8.83. The van der Waals surface area contributed by atoms with Crippen LogP contribution in [0.3, 0.4) is 0 Å². The molecule has 2 aromatic rings. The molecule has 0 aromatic carbocycles. The van der Waals surface area contributed by atoms with E-state index in [1.165, 1.54) is 16.8 Å². The molecule has 0 spiro atoms. The monoisotopic (exact) mass is 373 g/mol. The van der Waals surface area contributed by atoms with Gasteiger partial charge in [-0.1, -0.05) is 13.3 Å². The molecular weight excluding hydrogens is 346 g/mol. The number of nitrogens with one attached hydrogen (secondary N) is 1. The number of piperidine rings is 1. The van der Waals surface area contributed by atoms with Crippen molar-refractivity contribution in [2.24, 2.45) is 0 Å². The predicted molar refractivity (Wildman–Crippen MR) is 102 cm³/mol. The Morgan fingerprint density at radius 2 is 2.11 bits per heavy atom. The van der Waals surface area contributed by atoms with Gasteiger partial charge in [0, 0.05) is 63.2 Å². The lowest BCUT2D eigenvalue weighted by Gasteiger charge is -2.33. The van der Waals surface area contributed by atoms with Crippen molar-refractivity contribution in [3.8, 4) is 0 Å². The van der Waals surface area contributed by atoms with Crippen LogP contribution in [0, 0.1) is 0 Å². The molecule has 1 amide bonds. The molecule has 3 rings (SSSR count). The highest BCUT2D eigenvalue weighted by Gasteiger charge is 2.27. The highest BCUT2D eigenvalue weighted by molar-refractivity contribution is 5.76. The molecule has 8 heteroatoms. The number of amides is 1. The van der Waals surface area contributed by atoms with E-state index in [2.05, 4.69) is 21.5 Å². The summed E-state index contributed by atoms with van der Waals surface area (Å²) in [7, 11) is 0. The molecule has 3 heterocycles. The number of aromatic amines is 1. The first kappa shape index (κ1) is 19.1. The number of hydrogen-bond acceptors (Lipinski definition) is 4. The first-order valence-corrected chi connectivity index (χ1v) is 9.67. The van der Waals surface area contributed by atoms with E-state index in [0.717, 1.165) is 44.6 Å². The Balaban J connectivity index is 1.60. The maximum absolute atomic E-state index is 12.6. The minimum absolute atomic E-state index is 0.0319. The summed E-state index contributed by atoms with van der Waals surface area (Å²) in [6, 6.07) is 1.29. The summed E-state index contributed by atoms with van der Waals surface area (Å²) in [6.07, 6.45) is 9.77. The van der Waals surface area contributed by atoms with Crippen molar-refractivity contribution in [3.05, 3.63) is 51.3 Å². The second-order valence-electron chi connectivity index (χ2n) is 7.06. The zero-order valence-electron chi connectivity index (χ0n) is 15.8. The van der Waals surface area contributed by atoms with Crippen LogP contribution in [0.2, 0.25) is 0 Å². The number of hydrogen-bond donors (Lipinski definition) is 1. The summed E-state index contributed by atoms with van der Waals surface area (Å²) in [5, 5.41) is 0. The van der Waals surface area contributed by atoms with Gasteiger partial charge in [0.2, 0.25) is 5.91 Å². The van der Waals surface area contributed by atoms with E-state index < -0.39 is 11.2 Å². The van der Waals surface area contributed by atoms with Crippen molar-refractivity contribution >= 4 is 5.91 Å². The maximum Gasteiger partial charge on any atom is 0.328 e. The van der Waals surface area contributed by atoms with Crippen LogP contribution in [0.4, 0.5) is 0 Å². The molecule has 1 aliphatic rings. The fraction of sp³-hybridized carbons (Fsp3) is 0.579. The minimum atomic E-state index is -0.482. The van der Waals surface area contributed by atoms with Crippen molar-refractivity contribution in [3.63, 3.8) is 0 Å². The molecule has 1 aliphatic heterocycles. The summed E-state index contributed by atoms with van der Waals surface area (Å²) in [6.45, 7) is 4.81. The van der Waals surface area contributed by atoms with Gasteiger partial charge in [0.05, 0.1) is 0 Å². The molecule has 8 nitrogen and oxygen atoms in total. The highest BCUT2D eigenvalue weighted by atomic mass is 16.2. The van der Waals surface area contributed by atoms with Crippen molar-refractivity contribution in [1.82, 2.24) is 24.0 Å². The number of aryl methyl sites for hydroxylation is 2. The first-order chi connectivity index (χ1) is 13.1. The Hall–Kier alpha value is -2.64. The third-order valence-electron chi connectivity index (χ3n) is 5.10. The maximum atomic E-state index is 12.6. The van der Waals surface area contributed by atoms with Crippen molar-refractivity contribution in [1.29, 1.82) is 0 Å². The molecule has 0 unspecified atom stereocenters. The van der Waals surface area contributed by atoms with Gasteiger partial charge in [-0.3, -0.25) is 14.6 Å². The number of likely N-dealkylation sites (tertiary alicyclic amines) is 1. The van der Waals surface area contributed by atoms with Crippen LogP contribution in [-0.2, 0) is 17.9 Å². The summed E-state index contributed by atoms with van der Waals surface area (Å²) in [4.78, 5) is 44.1. The van der Waals surface area contributed by atoms with Gasteiger partial charge in [-0.05, 0) is 19.3 Å². The van der Waals surface area contributed by atoms with E-state index >= 15 is 0 Å². The molecule has 1 fully saturated rings. The van der Waals surface area contributed by atoms with E-state index in [4.69, 9.17) is 0 Å². The first-order valence-electron chi connectivity index (χ1n) is 9.67. The van der Waals surface area contributed by atoms with Gasteiger partial charge in [-0.2, -0.15) is 0 Å². The predicted octanol–water partition coefficient (Wildman–Crippen LogP) is 1.33. The van der Waals surface area contributed by atoms with Gasteiger partial charge in [0.15, 0.2) is 0 Å². The zero-order valence-corrected chi connectivity index (χ0v) is 15.8. The molecule has 1 saturated heterocycles. The SMILES string of the molecule is CCCCn1ccnc1[C@@H]1CCCN(C(=O)CCn2ccc(=O)[nH]c2=O)C1. The summed E-state index contributed by atoms with van der Waals surface area (Å²) in [5.41, 5.74) is -0.912. The van der Waals surface area contributed by atoms with Crippen LogP contribution in [0.5, 0.6) is 0 Å². The average molecular weight is 373 g/mol. The van der Waals surface area contributed by atoms with Crippen LogP contribution >= 0.6 is 0 Å². The van der Waals surface area contributed by atoms with Crippen LogP contribution in [-0.4, -0.2) is 43.0 Å². The Morgan fingerprint density at radius 1 is 1.26 bits per heavy atom. The fourth-order valence-electron chi connectivity index (χ4n) is 3.61. The molecule has 0 radical (unpaired) electrons. The molecule has 27 heavy (non-hydrogen) atoms. The number of nitrogens with zero attached hydrogens (tertiary/aromatic N) is 4. The third-order valence-corrected chi connectivity index (χ3v) is 5.10. The molecule has 2 aromatic heterocycles. The lowest BCUT2D eigenvalue weighted by atomic mass is 9.96. The Labute approximate surface area is 157 Å². The van der Waals surface area contributed by atoms with Gasteiger partial charge in [-0.15, -0.1) is 0 Å². The van der Waals surface area contributed by atoms with Crippen molar-refractivity contribution in [2.45, 2.75) is 58.0 Å².